The number of aromatic hydroxyl groups is 1. The van der Waals surface area contributed by atoms with E-state index >= 15 is 0 Å². The molecular formula is C29H36AsN5O3. The molecule has 0 spiro atoms. The Morgan fingerprint density at radius 2 is 1.92 bits per heavy atom. The van der Waals surface area contributed by atoms with Crippen LogP contribution in [0.3, 0.4) is 0 Å². The molecule has 3 aromatic rings. The third-order valence-electron chi connectivity index (χ3n) is 7.30. The van der Waals surface area contributed by atoms with Crippen LogP contribution in [0.1, 0.15) is 18.2 Å². The van der Waals surface area contributed by atoms with Crippen molar-refractivity contribution in [1.29, 1.82) is 0 Å². The molecule has 1 atom stereocenters. The molecule has 1 aromatic heterocycles. The second-order valence-electron chi connectivity index (χ2n) is 10.3. The Hall–Kier alpha value is -3.25. The van der Waals surface area contributed by atoms with Crippen molar-refractivity contribution in [2.75, 3.05) is 42.6 Å². The van der Waals surface area contributed by atoms with Crippen LogP contribution in [0.25, 0.3) is 10.8 Å². The van der Waals surface area contributed by atoms with Gasteiger partial charge in [-0.3, -0.25) is 4.79 Å². The number of carbonyl (C=O) groups is 1. The van der Waals surface area contributed by atoms with Crippen molar-refractivity contribution in [2.45, 2.75) is 42.6 Å². The molecule has 1 fully saturated rings. The number of rotatable bonds is 8. The van der Waals surface area contributed by atoms with E-state index in [1.165, 1.54) is 5.56 Å². The molecule has 5 rings (SSSR count). The van der Waals surface area contributed by atoms with E-state index in [9.17, 15) is 9.90 Å². The van der Waals surface area contributed by atoms with Crippen molar-refractivity contribution < 1.29 is 14.6 Å². The number of fused-ring (bicyclic) bond motifs is 2. The van der Waals surface area contributed by atoms with Crippen LogP contribution in [0.4, 0.5) is 11.5 Å². The third-order valence-corrected chi connectivity index (χ3v) is 9.55. The molecule has 8 nitrogen and oxygen atoms in total. The third kappa shape index (κ3) is 5.75. The molecule has 1 saturated heterocycles. The fourth-order valence-corrected chi connectivity index (χ4v) is 6.24. The summed E-state index contributed by atoms with van der Waals surface area (Å²) in [6.45, 7) is 6.79. The number of aromatic nitrogens is 2. The van der Waals surface area contributed by atoms with Crippen molar-refractivity contribution in [2.24, 2.45) is 0 Å². The zero-order valence-electron chi connectivity index (χ0n) is 22.4. The molecule has 200 valence electrons. The van der Waals surface area contributed by atoms with E-state index in [0.29, 0.717) is 19.2 Å². The Morgan fingerprint density at radius 1 is 1.13 bits per heavy atom. The van der Waals surface area contributed by atoms with E-state index in [-0.39, 0.29) is 11.8 Å². The maximum atomic E-state index is 10.7. The summed E-state index contributed by atoms with van der Waals surface area (Å²) < 4.78 is 6.11. The first-order chi connectivity index (χ1) is 18.4. The number of hydrogen-bond donors (Lipinski definition) is 1. The quantitative estimate of drug-likeness (QED) is 0.242. The van der Waals surface area contributed by atoms with Crippen molar-refractivity contribution in [3.8, 4) is 11.8 Å². The van der Waals surface area contributed by atoms with Gasteiger partial charge in [-0.1, -0.05) is 6.07 Å². The number of ether oxygens (including phenoxy) is 1. The maximum absolute atomic E-state index is 10.7. The molecule has 2 aliphatic rings. The monoisotopic (exact) mass is 577 g/mol. The summed E-state index contributed by atoms with van der Waals surface area (Å²) in [4.78, 5) is 27.5. The summed E-state index contributed by atoms with van der Waals surface area (Å²) >= 11 is -0.805. The van der Waals surface area contributed by atoms with Gasteiger partial charge in [-0.2, -0.15) is 0 Å². The predicted octanol–water partition coefficient (Wildman–Crippen LogP) is 4.25. The SMILES string of the molecule is C[C@@H]1Cc2c(nc(OCC[As](C)C)nc2N2CCN(C=CC=O)CC2)CN1c1cc(O)cc2ccccc12. The first-order valence-electron chi connectivity index (χ1n) is 13.2. The molecule has 3 heterocycles. The van der Waals surface area contributed by atoms with Crippen molar-refractivity contribution in [3.05, 3.63) is 59.9 Å². The van der Waals surface area contributed by atoms with Gasteiger partial charge in [0.1, 0.15) is 6.29 Å². The second-order valence-corrected chi connectivity index (χ2v) is 15.7. The molecular weight excluding hydrogens is 541 g/mol. The number of piperazine rings is 1. The Labute approximate surface area is 229 Å². The van der Waals surface area contributed by atoms with Crippen LogP contribution in [0.5, 0.6) is 11.8 Å². The molecule has 1 N–H and O–H groups in total. The standard InChI is InChI=1S/C29H36AsN5O3/c1-21-17-25-26(20-35(21)27-19-23(37)18-22-7-4-5-8-24(22)27)31-29(38-16-9-30(2)3)32-28(25)34-13-11-33(12-14-34)10-6-15-36/h4-8,10,15,18-19,21,37H,9,11-14,16-17,20H2,1-3H3/t21-/m1/s1. The summed E-state index contributed by atoms with van der Waals surface area (Å²) in [7, 11) is 0. The number of hydrogen-bond acceptors (Lipinski definition) is 8. The number of nitrogens with zero attached hydrogens (tertiary/aromatic N) is 5. The van der Waals surface area contributed by atoms with Crippen LogP contribution in [0.2, 0.25) is 16.6 Å². The van der Waals surface area contributed by atoms with E-state index < -0.39 is 14.7 Å². The van der Waals surface area contributed by atoms with E-state index in [1.54, 1.807) is 6.08 Å². The van der Waals surface area contributed by atoms with E-state index in [4.69, 9.17) is 14.7 Å². The minimum absolute atomic E-state index is 0.200. The summed E-state index contributed by atoms with van der Waals surface area (Å²) in [6.07, 6.45) is 5.04. The number of phenols is 1. The van der Waals surface area contributed by atoms with Crippen LogP contribution in [-0.4, -0.2) is 79.7 Å². The molecule has 0 bridgehead atoms. The fraction of sp³-hybridized carbons (Fsp3) is 0.414. The average molecular weight is 578 g/mol. The van der Waals surface area contributed by atoms with Gasteiger partial charge < -0.3 is 0 Å². The average Bonchev–Trinajstić information content (AvgIpc) is 2.91. The van der Waals surface area contributed by atoms with E-state index in [2.05, 4.69) is 39.1 Å². The summed E-state index contributed by atoms with van der Waals surface area (Å²) in [5.74, 6) is 1.24. The second kappa shape index (κ2) is 11.6. The molecule has 0 saturated carbocycles. The molecule has 0 amide bonds. The van der Waals surface area contributed by atoms with Gasteiger partial charge in [0.2, 0.25) is 0 Å². The molecule has 9 heteroatoms. The number of aldehydes is 1. The Balaban J connectivity index is 1.48. The Kier molecular flexibility index (Phi) is 8.08. The fourth-order valence-electron chi connectivity index (χ4n) is 5.28. The normalized spacial score (nSPS) is 17.9. The first-order valence-corrected chi connectivity index (χ1v) is 18.3. The van der Waals surface area contributed by atoms with Crippen molar-refractivity contribution in [3.63, 3.8) is 0 Å². The molecule has 2 aromatic carbocycles. The predicted molar refractivity (Wildman–Crippen MR) is 154 cm³/mol. The van der Waals surface area contributed by atoms with Crippen LogP contribution < -0.4 is 14.5 Å². The number of carbonyl (C=O) groups excluding carboxylic acids is 1. The van der Waals surface area contributed by atoms with Gasteiger partial charge in [0.15, 0.2) is 0 Å². The Morgan fingerprint density at radius 3 is 2.68 bits per heavy atom. The van der Waals surface area contributed by atoms with Gasteiger partial charge >= 0.3 is 212 Å². The Bertz CT molecular complexity index is 1320. The van der Waals surface area contributed by atoms with Gasteiger partial charge in [0, 0.05) is 0 Å². The van der Waals surface area contributed by atoms with Gasteiger partial charge in [0.25, 0.3) is 0 Å². The number of benzene rings is 2. The topological polar surface area (TPSA) is 82.0 Å². The molecule has 2 aliphatic heterocycles. The van der Waals surface area contributed by atoms with Crippen molar-refractivity contribution in [1.82, 2.24) is 14.9 Å². The summed E-state index contributed by atoms with van der Waals surface area (Å²) in [6, 6.07) is 12.5. The van der Waals surface area contributed by atoms with Gasteiger partial charge in [-0.15, -0.1) is 0 Å². The van der Waals surface area contributed by atoms with E-state index in [0.717, 1.165) is 72.1 Å². The van der Waals surface area contributed by atoms with Crippen molar-refractivity contribution >= 4 is 43.2 Å². The van der Waals surface area contributed by atoms with Crippen LogP contribution in [-0.2, 0) is 17.8 Å². The summed E-state index contributed by atoms with van der Waals surface area (Å²) in [5, 5.41) is 13.7. The van der Waals surface area contributed by atoms with Crippen LogP contribution in [0, 0.1) is 0 Å². The van der Waals surface area contributed by atoms with Gasteiger partial charge in [-0.05, 0) is 0 Å². The zero-order valence-corrected chi connectivity index (χ0v) is 24.3. The molecule has 0 aliphatic carbocycles. The van der Waals surface area contributed by atoms with Crippen LogP contribution in [0.15, 0.2) is 48.7 Å². The molecule has 38 heavy (non-hydrogen) atoms. The summed E-state index contributed by atoms with van der Waals surface area (Å²) in [5.41, 5.74) is 7.84. The number of phenolic OH excluding ortho intramolecular Hbond substituents is 1. The van der Waals surface area contributed by atoms with Crippen LogP contribution >= 0.6 is 0 Å². The zero-order chi connectivity index (χ0) is 26.6. The number of anilines is 2. The van der Waals surface area contributed by atoms with Gasteiger partial charge in [-0.25, -0.2) is 0 Å². The number of allylic oxidation sites excluding steroid dienone is 1. The van der Waals surface area contributed by atoms with Gasteiger partial charge in [0.05, 0.1) is 0 Å². The van der Waals surface area contributed by atoms with E-state index in [1.807, 2.05) is 36.5 Å². The minimum atomic E-state index is -0.805. The molecule has 0 radical (unpaired) electrons. The molecule has 0 unspecified atom stereocenters. The first kappa shape index (κ1) is 26.4.